The highest BCUT2D eigenvalue weighted by Gasteiger charge is 2.18. The van der Waals surface area contributed by atoms with Gasteiger partial charge in [-0.2, -0.15) is 4.98 Å². The normalized spacial score (nSPS) is 10.4. The van der Waals surface area contributed by atoms with E-state index in [-0.39, 0.29) is 17.5 Å². The second-order valence-electron chi connectivity index (χ2n) is 3.64. The van der Waals surface area contributed by atoms with Crippen LogP contribution in [0.3, 0.4) is 0 Å². The van der Waals surface area contributed by atoms with Gasteiger partial charge in [0.1, 0.15) is 0 Å². The summed E-state index contributed by atoms with van der Waals surface area (Å²) in [4.78, 5) is 14.5. The topological polar surface area (TPSA) is 77.3 Å². The average Bonchev–Trinajstić information content (AvgIpc) is 2.35. The van der Waals surface area contributed by atoms with Crippen molar-refractivity contribution in [3.05, 3.63) is 22.2 Å². The van der Waals surface area contributed by atoms with Crippen molar-refractivity contribution in [2.45, 2.75) is 32.7 Å². The monoisotopic (exact) mass is 239 g/mol. The highest BCUT2D eigenvalue weighted by Crippen LogP contribution is 2.26. The molecular formula is C11H17N3O3. The lowest BCUT2D eigenvalue weighted by atomic mass is 10.2. The number of pyridine rings is 1. The van der Waals surface area contributed by atoms with Gasteiger partial charge in [0.25, 0.3) is 0 Å². The van der Waals surface area contributed by atoms with Crippen LogP contribution in [0.25, 0.3) is 0 Å². The van der Waals surface area contributed by atoms with Crippen LogP contribution < -0.4 is 10.1 Å². The molecule has 0 aliphatic rings. The van der Waals surface area contributed by atoms with Gasteiger partial charge in [0, 0.05) is 18.2 Å². The van der Waals surface area contributed by atoms with Crippen LogP contribution in [0.4, 0.5) is 11.5 Å². The van der Waals surface area contributed by atoms with Gasteiger partial charge in [-0.05, 0) is 12.8 Å². The summed E-state index contributed by atoms with van der Waals surface area (Å²) in [6.07, 6.45) is 1.76. The Morgan fingerprint density at radius 1 is 1.47 bits per heavy atom. The minimum atomic E-state index is -0.447. The molecule has 0 bridgehead atoms. The van der Waals surface area contributed by atoms with E-state index in [1.165, 1.54) is 19.2 Å². The Morgan fingerprint density at radius 3 is 2.59 bits per heavy atom. The Labute approximate surface area is 100 Å². The number of anilines is 1. The number of nitro groups is 1. The highest BCUT2D eigenvalue weighted by molar-refractivity contribution is 5.57. The fraction of sp³-hybridized carbons (Fsp3) is 0.545. The van der Waals surface area contributed by atoms with E-state index in [0.29, 0.717) is 5.88 Å². The first-order valence-corrected chi connectivity index (χ1v) is 5.58. The fourth-order valence-electron chi connectivity index (χ4n) is 1.49. The molecule has 0 fully saturated rings. The lowest BCUT2D eigenvalue weighted by Crippen LogP contribution is -2.18. The van der Waals surface area contributed by atoms with Crippen LogP contribution in [0.2, 0.25) is 0 Å². The maximum Gasteiger partial charge on any atom is 0.311 e. The van der Waals surface area contributed by atoms with E-state index < -0.39 is 4.92 Å². The molecule has 0 saturated heterocycles. The summed E-state index contributed by atoms with van der Waals surface area (Å²) in [5.74, 6) is 0.632. The van der Waals surface area contributed by atoms with Crippen LogP contribution in [0, 0.1) is 10.1 Å². The van der Waals surface area contributed by atoms with Crippen molar-refractivity contribution in [2.24, 2.45) is 0 Å². The molecule has 0 aliphatic heterocycles. The van der Waals surface area contributed by atoms with Gasteiger partial charge < -0.3 is 10.1 Å². The van der Waals surface area contributed by atoms with Crippen LogP contribution in [-0.2, 0) is 0 Å². The standard InChI is InChI=1S/C11H17N3O3/c1-4-8(5-2)12-11-9(14(15)16)6-7-10(13-11)17-3/h6-8H,4-5H2,1-3H3,(H,12,13). The molecule has 0 spiro atoms. The highest BCUT2D eigenvalue weighted by atomic mass is 16.6. The second-order valence-corrected chi connectivity index (χ2v) is 3.64. The van der Waals surface area contributed by atoms with E-state index in [1.807, 2.05) is 13.8 Å². The molecule has 0 amide bonds. The first kappa shape index (κ1) is 13.2. The van der Waals surface area contributed by atoms with Gasteiger partial charge in [-0.3, -0.25) is 10.1 Å². The number of rotatable bonds is 6. The molecule has 6 nitrogen and oxygen atoms in total. The summed E-state index contributed by atoms with van der Waals surface area (Å²) in [5.41, 5.74) is -0.0299. The van der Waals surface area contributed by atoms with Crippen LogP contribution in [0.5, 0.6) is 5.88 Å². The molecule has 0 radical (unpaired) electrons. The molecular weight excluding hydrogens is 222 g/mol. The fourth-order valence-corrected chi connectivity index (χ4v) is 1.49. The Hall–Kier alpha value is -1.85. The van der Waals surface area contributed by atoms with Gasteiger partial charge in [-0.25, -0.2) is 0 Å². The summed E-state index contributed by atoms with van der Waals surface area (Å²) >= 11 is 0. The quantitative estimate of drug-likeness (QED) is 0.609. The zero-order valence-electron chi connectivity index (χ0n) is 10.3. The molecule has 0 saturated carbocycles. The number of hydrogen-bond donors (Lipinski definition) is 1. The maximum absolute atomic E-state index is 10.9. The first-order valence-electron chi connectivity index (χ1n) is 5.58. The maximum atomic E-state index is 10.9. The van der Waals surface area contributed by atoms with Gasteiger partial charge in [0.05, 0.1) is 12.0 Å². The lowest BCUT2D eigenvalue weighted by molar-refractivity contribution is -0.384. The Morgan fingerprint density at radius 2 is 2.12 bits per heavy atom. The Kier molecular flexibility index (Phi) is 4.68. The zero-order chi connectivity index (χ0) is 12.8. The molecule has 0 aliphatic carbocycles. The van der Waals surface area contributed by atoms with Crippen LogP contribution >= 0.6 is 0 Å². The van der Waals surface area contributed by atoms with Crippen molar-refractivity contribution in [3.63, 3.8) is 0 Å². The van der Waals surface area contributed by atoms with Crippen molar-refractivity contribution < 1.29 is 9.66 Å². The van der Waals surface area contributed by atoms with Crippen molar-refractivity contribution >= 4 is 11.5 Å². The average molecular weight is 239 g/mol. The van der Waals surface area contributed by atoms with Crippen LogP contribution in [0.15, 0.2) is 12.1 Å². The van der Waals surface area contributed by atoms with Crippen molar-refractivity contribution in [3.8, 4) is 5.88 Å². The molecule has 1 aromatic heterocycles. The SMILES string of the molecule is CCC(CC)Nc1nc(OC)ccc1[N+](=O)[O-]. The van der Waals surface area contributed by atoms with Gasteiger partial charge in [-0.15, -0.1) is 0 Å². The number of hydrogen-bond acceptors (Lipinski definition) is 5. The molecule has 1 N–H and O–H groups in total. The van der Waals surface area contributed by atoms with Crippen molar-refractivity contribution in [2.75, 3.05) is 12.4 Å². The second kappa shape index (κ2) is 6.03. The predicted molar refractivity (Wildman–Crippen MR) is 65.4 cm³/mol. The zero-order valence-corrected chi connectivity index (χ0v) is 10.3. The first-order chi connectivity index (χ1) is 8.12. The summed E-state index contributed by atoms with van der Waals surface area (Å²) in [5, 5.41) is 13.9. The summed E-state index contributed by atoms with van der Waals surface area (Å²) in [6.45, 7) is 4.04. The molecule has 94 valence electrons. The molecule has 0 unspecified atom stereocenters. The molecule has 1 heterocycles. The number of ether oxygens (including phenoxy) is 1. The van der Waals surface area contributed by atoms with Gasteiger partial charge in [0.2, 0.25) is 11.7 Å². The van der Waals surface area contributed by atoms with E-state index in [2.05, 4.69) is 10.3 Å². The smallest absolute Gasteiger partial charge is 0.311 e. The van der Waals surface area contributed by atoms with Crippen molar-refractivity contribution in [1.82, 2.24) is 4.98 Å². The summed E-state index contributed by atoms with van der Waals surface area (Å²) in [7, 11) is 1.48. The molecule has 0 aromatic carbocycles. The Bertz CT molecular complexity index is 392. The summed E-state index contributed by atoms with van der Waals surface area (Å²) < 4.78 is 4.96. The van der Waals surface area contributed by atoms with E-state index in [0.717, 1.165) is 12.8 Å². The molecule has 6 heteroatoms. The molecule has 0 atom stereocenters. The van der Waals surface area contributed by atoms with Crippen LogP contribution in [0.1, 0.15) is 26.7 Å². The van der Waals surface area contributed by atoms with E-state index >= 15 is 0 Å². The summed E-state index contributed by atoms with van der Waals surface area (Å²) in [6, 6.07) is 3.06. The third kappa shape index (κ3) is 3.30. The lowest BCUT2D eigenvalue weighted by Gasteiger charge is -2.15. The van der Waals surface area contributed by atoms with E-state index in [9.17, 15) is 10.1 Å². The number of methoxy groups -OCH3 is 1. The van der Waals surface area contributed by atoms with Gasteiger partial charge in [-0.1, -0.05) is 13.8 Å². The molecule has 1 rings (SSSR count). The number of nitrogens with one attached hydrogen (secondary N) is 1. The third-order valence-electron chi connectivity index (χ3n) is 2.58. The number of nitrogens with zero attached hydrogens (tertiary/aromatic N) is 2. The van der Waals surface area contributed by atoms with E-state index in [1.54, 1.807) is 0 Å². The predicted octanol–water partition coefficient (Wildman–Crippen LogP) is 2.60. The molecule has 17 heavy (non-hydrogen) atoms. The van der Waals surface area contributed by atoms with Crippen LogP contribution in [-0.4, -0.2) is 23.1 Å². The van der Waals surface area contributed by atoms with Crippen molar-refractivity contribution in [1.29, 1.82) is 0 Å². The minimum absolute atomic E-state index is 0.0299. The van der Waals surface area contributed by atoms with E-state index in [4.69, 9.17) is 4.74 Å². The molecule has 1 aromatic rings. The minimum Gasteiger partial charge on any atom is -0.481 e. The van der Waals surface area contributed by atoms with Gasteiger partial charge in [0.15, 0.2) is 0 Å². The number of aromatic nitrogens is 1. The van der Waals surface area contributed by atoms with Gasteiger partial charge >= 0.3 is 5.69 Å². The third-order valence-corrected chi connectivity index (χ3v) is 2.58. The Balaban J connectivity index is 3.04. The largest absolute Gasteiger partial charge is 0.481 e.